The Bertz CT molecular complexity index is 216. The average Bonchev–Trinajstić information content (AvgIpc) is 2.27. The number of amides is 1. The van der Waals surface area contributed by atoms with E-state index in [1.807, 2.05) is 21.1 Å². The maximum absolute atomic E-state index is 11.5. The van der Waals surface area contributed by atoms with Crippen molar-refractivity contribution in [1.29, 1.82) is 0 Å². The molecular weight excluding hydrogens is 202 g/mol. The van der Waals surface area contributed by atoms with Crippen molar-refractivity contribution in [1.82, 2.24) is 15.1 Å². The van der Waals surface area contributed by atoms with E-state index in [-0.39, 0.29) is 5.91 Å². The SMILES string of the molecule is CNCC1CCCCN1CCC(=O)N(C)C. The molecule has 1 saturated heterocycles. The van der Waals surface area contributed by atoms with Gasteiger partial charge in [0.1, 0.15) is 0 Å². The van der Waals surface area contributed by atoms with Gasteiger partial charge in [0.2, 0.25) is 5.91 Å². The van der Waals surface area contributed by atoms with E-state index in [0.29, 0.717) is 12.5 Å². The van der Waals surface area contributed by atoms with Gasteiger partial charge >= 0.3 is 0 Å². The van der Waals surface area contributed by atoms with Crippen LogP contribution in [0.5, 0.6) is 0 Å². The minimum absolute atomic E-state index is 0.230. The molecule has 1 unspecified atom stereocenters. The van der Waals surface area contributed by atoms with Crippen LogP contribution in [0.3, 0.4) is 0 Å². The quantitative estimate of drug-likeness (QED) is 0.744. The summed E-state index contributed by atoms with van der Waals surface area (Å²) >= 11 is 0. The van der Waals surface area contributed by atoms with Gasteiger partial charge in [-0.15, -0.1) is 0 Å². The Morgan fingerprint density at radius 1 is 1.44 bits per heavy atom. The molecule has 0 saturated carbocycles. The summed E-state index contributed by atoms with van der Waals surface area (Å²) in [5.41, 5.74) is 0. The molecule has 1 atom stereocenters. The summed E-state index contributed by atoms with van der Waals surface area (Å²) in [5.74, 6) is 0.230. The minimum atomic E-state index is 0.230. The molecular formula is C12H25N3O. The molecule has 1 aliphatic heterocycles. The molecule has 0 aromatic carbocycles. The van der Waals surface area contributed by atoms with Crippen LogP contribution in [0.15, 0.2) is 0 Å². The van der Waals surface area contributed by atoms with Crippen LogP contribution < -0.4 is 5.32 Å². The first kappa shape index (κ1) is 13.5. The van der Waals surface area contributed by atoms with E-state index >= 15 is 0 Å². The Balaban J connectivity index is 2.34. The average molecular weight is 227 g/mol. The summed E-state index contributed by atoms with van der Waals surface area (Å²) in [5, 5.41) is 3.24. The largest absolute Gasteiger partial charge is 0.349 e. The number of nitrogens with one attached hydrogen (secondary N) is 1. The van der Waals surface area contributed by atoms with Gasteiger partial charge in [-0.25, -0.2) is 0 Å². The lowest BCUT2D eigenvalue weighted by Gasteiger charge is -2.35. The second-order valence-electron chi connectivity index (χ2n) is 4.78. The highest BCUT2D eigenvalue weighted by atomic mass is 16.2. The van der Waals surface area contributed by atoms with Crippen molar-refractivity contribution >= 4 is 5.91 Å². The Morgan fingerprint density at radius 3 is 2.81 bits per heavy atom. The fourth-order valence-electron chi connectivity index (χ4n) is 2.28. The summed E-state index contributed by atoms with van der Waals surface area (Å²) in [6, 6.07) is 0.619. The van der Waals surface area contributed by atoms with Crippen LogP contribution in [0.1, 0.15) is 25.7 Å². The predicted molar refractivity (Wildman–Crippen MR) is 66.4 cm³/mol. The van der Waals surface area contributed by atoms with Gasteiger partial charge < -0.3 is 10.2 Å². The molecule has 1 amide bonds. The number of likely N-dealkylation sites (N-methyl/N-ethyl adjacent to an activating group) is 1. The standard InChI is InChI=1S/C12H25N3O/c1-13-10-11-6-4-5-8-15(11)9-7-12(16)14(2)3/h11,13H,4-10H2,1-3H3. The van der Waals surface area contributed by atoms with Gasteiger partial charge in [-0.05, 0) is 26.4 Å². The van der Waals surface area contributed by atoms with Crippen molar-refractivity contribution in [2.45, 2.75) is 31.7 Å². The van der Waals surface area contributed by atoms with E-state index < -0.39 is 0 Å². The van der Waals surface area contributed by atoms with E-state index in [2.05, 4.69) is 10.2 Å². The molecule has 0 aromatic rings. The molecule has 1 N–H and O–H groups in total. The molecule has 94 valence electrons. The van der Waals surface area contributed by atoms with E-state index in [4.69, 9.17) is 0 Å². The first-order chi connectivity index (χ1) is 7.65. The van der Waals surface area contributed by atoms with Crippen molar-refractivity contribution in [3.05, 3.63) is 0 Å². The van der Waals surface area contributed by atoms with Crippen LogP contribution in [-0.2, 0) is 4.79 Å². The van der Waals surface area contributed by atoms with Gasteiger partial charge in [0.05, 0.1) is 0 Å². The molecule has 0 bridgehead atoms. The second-order valence-corrected chi connectivity index (χ2v) is 4.78. The van der Waals surface area contributed by atoms with Crippen LogP contribution in [0, 0.1) is 0 Å². The van der Waals surface area contributed by atoms with Crippen molar-refractivity contribution < 1.29 is 4.79 Å². The number of carbonyl (C=O) groups excluding carboxylic acids is 1. The third kappa shape index (κ3) is 4.10. The molecule has 4 heteroatoms. The number of carbonyl (C=O) groups is 1. The molecule has 16 heavy (non-hydrogen) atoms. The minimum Gasteiger partial charge on any atom is -0.349 e. The fourth-order valence-corrected chi connectivity index (χ4v) is 2.28. The Morgan fingerprint density at radius 2 is 2.19 bits per heavy atom. The molecule has 0 radical (unpaired) electrons. The van der Waals surface area contributed by atoms with Crippen molar-refractivity contribution in [2.75, 3.05) is 40.8 Å². The maximum atomic E-state index is 11.5. The van der Waals surface area contributed by atoms with Gasteiger partial charge in [0.15, 0.2) is 0 Å². The number of likely N-dealkylation sites (tertiary alicyclic amines) is 1. The van der Waals surface area contributed by atoms with Crippen LogP contribution in [0.25, 0.3) is 0 Å². The van der Waals surface area contributed by atoms with Gasteiger partial charge in [-0.2, -0.15) is 0 Å². The zero-order chi connectivity index (χ0) is 12.0. The molecule has 1 rings (SSSR count). The van der Waals surface area contributed by atoms with Crippen molar-refractivity contribution in [3.8, 4) is 0 Å². The molecule has 4 nitrogen and oxygen atoms in total. The summed E-state index contributed by atoms with van der Waals surface area (Å²) in [6.45, 7) is 3.09. The van der Waals surface area contributed by atoms with Gasteiger partial charge in [0.25, 0.3) is 0 Å². The molecule has 0 aromatic heterocycles. The molecule has 1 fully saturated rings. The lowest BCUT2D eigenvalue weighted by Crippen LogP contribution is -2.46. The molecule has 1 heterocycles. The number of nitrogens with zero attached hydrogens (tertiary/aromatic N) is 2. The second kappa shape index (κ2) is 6.86. The maximum Gasteiger partial charge on any atom is 0.223 e. The number of hydrogen-bond donors (Lipinski definition) is 1. The normalized spacial score (nSPS) is 22.1. The number of piperidine rings is 1. The van der Waals surface area contributed by atoms with Crippen LogP contribution in [0.4, 0.5) is 0 Å². The Hall–Kier alpha value is -0.610. The smallest absolute Gasteiger partial charge is 0.223 e. The first-order valence-corrected chi connectivity index (χ1v) is 6.24. The van der Waals surface area contributed by atoms with E-state index in [0.717, 1.165) is 19.6 Å². The summed E-state index contributed by atoms with van der Waals surface area (Å²) in [6.07, 6.45) is 4.51. The van der Waals surface area contributed by atoms with Crippen LogP contribution in [-0.4, -0.2) is 62.5 Å². The molecule has 0 spiro atoms. The van der Waals surface area contributed by atoms with Gasteiger partial charge in [0, 0.05) is 39.6 Å². The Kier molecular flexibility index (Phi) is 5.77. The third-order valence-corrected chi connectivity index (χ3v) is 3.30. The summed E-state index contributed by atoms with van der Waals surface area (Å²) < 4.78 is 0. The highest BCUT2D eigenvalue weighted by Crippen LogP contribution is 2.16. The molecule has 1 aliphatic rings. The van der Waals surface area contributed by atoms with Crippen molar-refractivity contribution in [2.24, 2.45) is 0 Å². The van der Waals surface area contributed by atoms with E-state index in [1.54, 1.807) is 4.90 Å². The molecule has 0 aliphatic carbocycles. The summed E-state index contributed by atoms with van der Waals surface area (Å²) in [7, 11) is 5.64. The third-order valence-electron chi connectivity index (χ3n) is 3.30. The van der Waals surface area contributed by atoms with Gasteiger partial charge in [-0.3, -0.25) is 9.69 Å². The zero-order valence-corrected chi connectivity index (χ0v) is 10.8. The van der Waals surface area contributed by atoms with Crippen molar-refractivity contribution in [3.63, 3.8) is 0 Å². The van der Waals surface area contributed by atoms with Crippen LogP contribution in [0.2, 0.25) is 0 Å². The first-order valence-electron chi connectivity index (χ1n) is 6.24. The zero-order valence-electron chi connectivity index (χ0n) is 10.8. The van der Waals surface area contributed by atoms with E-state index in [9.17, 15) is 4.79 Å². The van der Waals surface area contributed by atoms with Crippen LogP contribution >= 0.6 is 0 Å². The monoisotopic (exact) mass is 227 g/mol. The topological polar surface area (TPSA) is 35.6 Å². The number of rotatable bonds is 5. The number of hydrogen-bond acceptors (Lipinski definition) is 3. The lowest BCUT2D eigenvalue weighted by atomic mass is 10.0. The highest BCUT2D eigenvalue weighted by molar-refractivity contribution is 5.75. The Labute approximate surface area is 99.0 Å². The lowest BCUT2D eigenvalue weighted by molar-refractivity contribution is -0.129. The fraction of sp³-hybridized carbons (Fsp3) is 0.917. The predicted octanol–water partition coefficient (Wildman–Crippen LogP) is 0.539. The van der Waals surface area contributed by atoms with E-state index in [1.165, 1.54) is 19.3 Å². The summed E-state index contributed by atoms with van der Waals surface area (Å²) in [4.78, 5) is 15.7. The van der Waals surface area contributed by atoms with Gasteiger partial charge in [-0.1, -0.05) is 6.42 Å². The highest BCUT2D eigenvalue weighted by Gasteiger charge is 2.22.